The molecule has 0 fully saturated rings. The Labute approximate surface area is 371 Å². The van der Waals surface area contributed by atoms with Gasteiger partial charge in [0.05, 0.1) is 11.6 Å². The van der Waals surface area contributed by atoms with Crippen molar-refractivity contribution in [2.24, 2.45) is 0 Å². The summed E-state index contributed by atoms with van der Waals surface area (Å²) in [5.41, 5.74) is 17.8. The average molecular weight is 813 g/mol. The molecule has 0 spiro atoms. The molecule has 0 amide bonds. The van der Waals surface area contributed by atoms with E-state index < -0.39 is 0 Å². The fourth-order valence-electron chi connectivity index (χ4n) is 9.47. The van der Waals surface area contributed by atoms with Crippen LogP contribution >= 0.6 is 0 Å². The van der Waals surface area contributed by atoms with Crippen LogP contribution < -0.4 is 0 Å². The number of hydrogen-bond acceptors (Lipinski definition) is 4. The average Bonchev–Trinajstić information content (AvgIpc) is 3.71. The first-order chi connectivity index (χ1) is 31.7. The van der Waals surface area contributed by atoms with Crippen molar-refractivity contribution in [2.45, 2.75) is 0 Å². The smallest absolute Gasteiger partial charge is 0.164 e. The predicted molar refractivity (Wildman–Crippen MR) is 262 cm³/mol. The summed E-state index contributed by atoms with van der Waals surface area (Å²) >= 11 is 0. The summed E-state index contributed by atoms with van der Waals surface area (Å²) < 4.78 is 0. The summed E-state index contributed by atoms with van der Waals surface area (Å²) in [6.45, 7) is 0. The Morgan fingerprint density at radius 3 is 1.00 bits per heavy atom. The minimum Gasteiger partial charge on any atom is -0.208 e. The first-order valence-corrected chi connectivity index (χ1v) is 21.5. The lowest BCUT2D eigenvalue weighted by Crippen LogP contribution is -2.00. The van der Waals surface area contributed by atoms with Crippen LogP contribution in [-0.2, 0) is 0 Å². The summed E-state index contributed by atoms with van der Waals surface area (Å²) in [6, 6.07) is 79.0. The van der Waals surface area contributed by atoms with Gasteiger partial charge in [0.15, 0.2) is 17.5 Å². The van der Waals surface area contributed by atoms with E-state index in [0.29, 0.717) is 23.0 Å². The first-order valence-electron chi connectivity index (χ1n) is 21.5. The lowest BCUT2D eigenvalue weighted by atomic mass is 9.87. The maximum absolute atomic E-state index is 9.37. The summed E-state index contributed by atoms with van der Waals surface area (Å²) in [7, 11) is 0. The van der Waals surface area contributed by atoms with Crippen LogP contribution in [0.15, 0.2) is 218 Å². The van der Waals surface area contributed by atoms with Gasteiger partial charge in [-0.1, -0.05) is 206 Å². The molecular formula is C60H36N4. The van der Waals surface area contributed by atoms with Gasteiger partial charge in [-0.15, -0.1) is 0 Å². The van der Waals surface area contributed by atoms with Gasteiger partial charge >= 0.3 is 0 Å². The normalized spacial score (nSPS) is 11.4. The summed E-state index contributed by atoms with van der Waals surface area (Å²) in [5, 5.41) is 14.3. The number of fused-ring (bicyclic) bond motifs is 4. The van der Waals surface area contributed by atoms with E-state index in [1.165, 1.54) is 60.5 Å². The SMILES string of the molecule is N#Cc1ccc(-c2ccc(-c3ccc(-c4ccc5c6c(ccc(-c7ccc(-c8nc(-c9ccccc9)nc(-c9ccccc9)n8)cc7)c46)-c4ccccc4-5)cc3)c3ccccc23)cc1. The quantitative estimate of drug-likeness (QED) is 0.161. The molecular weight excluding hydrogens is 777 g/mol. The zero-order chi connectivity index (χ0) is 42.6. The Bertz CT molecular complexity index is 3540. The highest BCUT2D eigenvalue weighted by molar-refractivity contribution is 6.22. The number of nitrogens with zero attached hydrogens (tertiary/aromatic N) is 4. The second-order valence-corrected chi connectivity index (χ2v) is 16.2. The second kappa shape index (κ2) is 15.3. The van der Waals surface area contributed by atoms with Crippen molar-refractivity contribution in [2.75, 3.05) is 0 Å². The number of aromatic nitrogens is 3. The Hall–Kier alpha value is -8.78. The molecule has 0 atom stereocenters. The zero-order valence-electron chi connectivity index (χ0n) is 34.6. The van der Waals surface area contributed by atoms with Crippen LogP contribution in [0.25, 0.3) is 122 Å². The van der Waals surface area contributed by atoms with E-state index in [9.17, 15) is 5.26 Å². The van der Waals surface area contributed by atoms with E-state index >= 15 is 0 Å². The largest absolute Gasteiger partial charge is 0.208 e. The molecule has 0 radical (unpaired) electrons. The minimum atomic E-state index is 0.632. The third kappa shape index (κ3) is 6.26. The molecule has 296 valence electrons. The maximum Gasteiger partial charge on any atom is 0.164 e. The van der Waals surface area contributed by atoms with Crippen LogP contribution in [0.3, 0.4) is 0 Å². The summed E-state index contributed by atoms with van der Waals surface area (Å²) in [4.78, 5) is 14.9. The van der Waals surface area contributed by atoms with Gasteiger partial charge < -0.3 is 0 Å². The highest BCUT2D eigenvalue weighted by atomic mass is 15.0. The second-order valence-electron chi connectivity index (χ2n) is 16.2. The third-order valence-corrected chi connectivity index (χ3v) is 12.6. The number of rotatable bonds is 7. The molecule has 10 aromatic carbocycles. The molecule has 1 heterocycles. The molecule has 0 aliphatic heterocycles. The van der Waals surface area contributed by atoms with E-state index in [0.717, 1.165) is 44.5 Å². The van der Waals surface area contributed by atoms with Crippen LogP contribution in [0.5, 0.6) is 0 Å². The number of nitriles is 1. The van der Waals surface area contributed by atoms with Crippen molar-refractivity contribution in [3.05, 3.63) is 224 Å². The fraction of sp³-hybridized carbons (Fsp3) is 0. The fourth-order valence-corrected chi connectivity index (χ4v) is 9.47. The van der Waals surface area contributed by atoms with Crippen molar-refractivity contribution >= 4 is 21.5 Å². The molecule has 0 unspecified atom stereocenters. The van der Waals surface area contributed by atoms with Crippen LogP contribution in [-0.4, -0.2) is 15.0 Å². The van der Waals surface area contributed by atoms with E-state index in [-0.39, 0.29) is 0 Å². The van der Waals surface area contributed by atoms with Crippen molar-refractivity contribution in [3.8, 4) is 107 Å². The lowest BCUT2D eigenvalue weighted by Gasteiger charge is -2.16. The predicted octanol–water partition coefficient (Wildman–Crippen LogP) is 15.4. The van der Waals surface area contributed by atoms with Gasteiger partial charge in [-0.05, 0) is 100 Å². The molecule has 64 heavy (non-hydrogen) atoms. The van der Waals surface area contributed by atoms with Crippen LogP contribution in [0.2, 0.25) is 0 Å². The Morgan fingerprint density at radius 2 is 0.562 bits per heavy atom. The van der Waals surface area contributed by atoms with Gasteiger partial charge in [-0.25, -0.2) is 15.0 Å². The van der Waals surface area contributed by atoms with Crippen LogP contribution in [0.1, 0.15) is 5.56 Å². The maximum atomic E-state index is 9.37. The Morgan fingerprint density at radius 1 is 0.250 bits per heavy atom. The van der Waals surface area contributed by atoms with Crippen LogP contribution in [0, 0.1) is 11.3 Å². The highest BCUT2D eigenvalue weighted by Gasteiger charge is 2.25. The molecule has 12 rings (SSSR count). The molecule has 0 N–H and O–H groups in total. The molecule has 0 saturated carbocycles. The third-order valence-electron chi connectivity index (χ3n) is 12.6. The van der Waals surface area contributed by atoms with E-state index in [2.05, 4.69) is 140 Å². The van der Waals surface area contributed by atoms with Gasteiger partial charge in [0.1, 0.15) is 0 Å². The van der Waals surface area contributed by atoms with Crippen molar-refractivity contribution in [3.63, 3.8) is 0 Å². The highest BCUT2D eigenvalue weighted by Crippen LogP contribution is 2.52. The van der Waals surface area contributed by atoms with Crippen molar-refractivity contribution in [1.29, 1.82) is 5.26 Å². The topological polar surface area (TPSA) is 62.5 Å². The standard InChI is InChI=1S/C60H36N4/c61-37-38-19-21-39(22-20-38)46-31-32-47(51-16-8-7-15-50(46)51)40-23-25-41(26-24-40)48-33-35-54-52-17-9-10-18-53(52)55-36-34-49(56(48)57(54)55)42-27-29-45(30-28-42)60-63-58(43-11-3-1-4-12-43)62-59(64-60)44-13-5-2-6-14-44/h1-36H. The van der Waals surface area contributed by atoms with Gasteiger partial charge in [-0.2, -0.15) is 5.26 Å². The molecule has 4 heteroatoms. The molecule has 4 nitrogen and oxygen atoms in total. The molecule has 1 aliphatic carbocycles. The van der Waals surface area contributed by atoms with Gasteiger partial charge in [0.2, 0.25) is 0 Å². The molecule has 1 aliphatic rings. The van der Waals surface area contributed by atoms with Crippen molar-refractivity contribution < 1.29 is 0 Å². The molecule has 1 aromatic heterocycles. The summed E-state index contributed by atoms with van der Waals surface area (Å²) in [6.07, 6.45) is 0. The zero-order valence-corrected chi connectivity index (χ0v) is 34.6. The van der Waals surface area contributed by atoms with E-state index in [4.69, 9.17) is 15.0 Å². The Kier molecular flexibility index (Phi) is 8.84. The van der Waals surface area contributed by atoms with Crippen LogP contribution in [0.4, 0.5) is 0 Å². The molecule has 11 aromatic rings. The van der Waals surface area contributed by atoms with E-state index in [1.807, 2.05) is 84.9 Å². The number of hydrogen-bond donors (Lipinski definition) is 0. The van der Waals surface area contributed by atoms with E-state index in [1.54, 1.807) is 0 Å². The van der Waals surface area contributed by atoms with Gasteiger partial charge in [0.25, 0.3) is 0 Å². The number of benzene rings is 10. The monoisotopic (exact) mass is 812 g/mol. The Balaban J connectivity index is 0.963. The van der Waals surface area contributed by atoms with Crippen molar-refractivity contribution in [1.82, 2.24) is 15.0 Å². The minimum absolute atomic E-state index is 0.632. The van der Waals surface area contributed by atoms with Gasteiger partial charge in [0, 0.05) is 16.7 Å². The van der Waals surface area contributed by atoms with Gasteiger partial charge in [-0.3, -0.25) is 0 Å². The summed E-state index contributed by atoms with van der Waals surface area (Å²) in [5.74, 6) is 1.92. The molecule has 0 bridgehead atoms. The first kappa shape index (κ1) is 37.0. The molecule has 0 saturated heterocycles. The lowest BCUT2D eigenvalue weighted by molar-refractivity contribution is 1.07.